The minimum atomic E-state index is -0.515. The summed E-state index contributed by atoms with van der Waals surface area (Å²) in [6.07, 6.45) is 1.24. The van der Waals surface area contributed by atoms with E-state index in [0.717, 1.165) is 0 Å². The topological polar surface area (TPSA) is 92.9 Å². The number of allylic oxidation sites excluding steroid dienone is 2. The number of aromatic nitrogens is 4. The van der Waals surface area contributed by atoms with Gasteiger partial charge in [-0.1, -0.05) is 29.4 Å². The van der Waals surface area contributed by atoms with Crippen molar-refractivity contribution in [3.05, 3.63) is 31.9 Å². The van der Waals surface area contributed by atoms with Gasteiger partial charge >= 0.3 is 5.69 Å². The molecule has 0 spiro atoms. The Morgan fingerprint density at radius 3 is 2.82 bits per heavy atom. The zero-order valence-corrected chi connectivity index (χ0v) is 14.0. The predicted molar refractivity (Wildman–Crippen MR) is 87.6 cm³/mol. The normalized spacial score (nSPS) is 13.8. The van der Waals surface area contributed by atoms with Gasteiger partial charge in [0.1, 0.15) is 0 Å². The predicted octanol–water partition coefficient (Wildman–Crippen LogP) is 1.04. The number of halogens is 1. The molecule has 1 atom stereocenters. The van der Waals surface area contributed by atoms with Crippen molar-refractivity contribution in [3.8, 4) is 0 Å². The Kier molecular flexibility index (Phi) is 5.15. The second-order valence-electron chi connectivity index (χ2n) is 4.95. The summed E-state index contributed by atoms with van der Waals surface area (Å²) in [4.78, 5) is 30.4. The fourth-order valence-electron chi connectivity index (χ4n) is 1.91. The van der Waals surface area contributed by atoms with Gasteiger partial charge in [0.15, 0.2) is 16.3 Å². The molecule has 120 valence electrons. The average Bonchev–Trinajstić information content (AvgIpc) is 2.79. The zero-order valence-electron chi connectivity index (χ0n) is 12.5. The highest BCUT2D eigenvalue weighted by Crippen LogP contribution is 2.22. The first kappa shape index (κ1) is 16.9. The molecule has 2 N–H and O–H groups in total. The number of hydrogen-bond acceptors (Lipinski definition) is 5. The maximum absolute atomic E-state index is 12.1. The number of aryl methyl sites for hydroxylation is 1. The molecule has 22 heavy (non-hydrogen) atoms. The van der Waals surface area contributed by atoms with Crippen LogP contribution >= 0.6 is 23.4 Å². The van der Waals surface area contributed by atoms with Crippen LogP contribution in [-0.4, -0.2) is 36.1 Å². The molecule has 2 heterocycles. The second-order valence-corrected chi connectivity index (χ2v) is 6.53. The SMILES string of the molecule is C/C(Cl)=C/Cn1c(SC[C@@H](C)O)nc2c1c(=O)[nH]c(=O)n2C. The third-order valence-electron chi connectivity index (χ3n) is 2.98. The number of aromatic amines is 1. The standard InChI is InChI=1S/C13H17ClN4O3S/c1-7(14)4-5-18-9-10(15-13(18)22-6-8(2)19)17(3)12(21)16-11(9)20/h4,8,19H,5-6H2,1-3H3,(H,16,20,21)/b7-4-/t8-/m1/s1. The van der Waals surface area contributed by atoms with Gasteiger partial charge in [-0.3, -0.25) is 14.3 Å². The van der Waals surface area contributed by atoms with Gasteiger partial charge in [0.2, 0.25) is 0 Å². The van der Waals surface area contributed by atoms with Gasteiger partial charge in [0.05, 0.1) is 6.10 Å². The molecule has 0 aromatic carbocycles. The molecular formula is C13H17ClN4O3S. The van der Waals surface area contributed by atoms with Crippen LogP contribution in [-0.2, 0) is 13.6 Å². The second kappa shape index (κ2) is 6.72. The summed E-state index contributed by atoms with van der Waals surface area (Å²) in [5, 5.41) is 10.6. The van der Waals surface area contributed by atoms with E-state index in [1.54, 1.807) is 31.5 Å². The fourth-order valence-corrected chi connectivity index (χ4v) is 2.84. The average molecular weight is 345 g/mol. The van der Waals surface area contributed by atoms with Gasteiger partial charge in [-0.25, -0.2) is 9.78 Å². The Bertz CT molecular complexity index is 830. The largest absolute Gasteiger partial charge is 0.393 e. The molecule has 2 aromatic rings. The highest BCUT2D eigenvalue weighted by atomic mass is 35.5. The summed E-state index contributed by atoms with van der Waals surface area (Å²) >= 11 is 7.18. The van der Waals surface area contributed by atoms with Crippen LogP contribution in [0.4, 0.5) is 0 Å². The molecular weight excluding hydrogens is 328 g/mol. The van der Waals surface area contributed by atoms with E-state index in [-0.39, 0.29) is 0 Å². The fraction of sp³-hybridized carbons (Fsp3) is 0.462. The van der Waals surface area contributed by atoms with Crippen LogP contribution in [0.1, 0.15) is 13.8 Å². The van der Waals surface area contributed by atoms with Crippen LogP contribution in [0.15, 0.2) is 25.9 Å². The molecule has 0 fully saturated rings. The highest BCUT2D eigenvalue weighted by molar-refractivity contribution is 7.99. The first-order valence-corrected chi connectivity index (χ1v) is 8.00. The van der Waals surface area contributed by atoms with Crippen LogP contribution in [0.3, 0.4) is 0 Å². The Labute approximate surface area is 135 Å². The lowest BCUT2D eigenvalue weighted by Crippen LogP contribution is -2.29. The molecule has 0 radical (unpaired) electrons. The molecule has 0 aliphatic carbocycles. The number of rotatable bonds is 5. The first-order valence-electron chi connectivity index (χ1n) is 6.64. The third-order valence-corrected chi connectivity index (χ3v) is 4.35. The molecule has 0 unspecified atom stereocenters. The summed E-state index contributed by atoms with van der Waals surface area (Å²) in [7, 11) is 1.55. The molecule has 2 aromatic heterocycles. The van der Waals surface area contributed by atoms with Gasteiger partial charge in [-0.15, -0.1) is 0 Å². The molecule has 7 nitrogen and oxygen atoms in total. The molecule has 0 saturated heterocycles. The van der Waals surface area contributed by atoms with E-state index < -0.39 is 17.4 Å². The monoisotopic (exact) mass is 344 g/mol. The smallest absolute Gasteiger partial charge is 0.329 e. The quantitative estimate of drug-likeness (QED) is 0.790. The summed E-state index contributed by atoms with van der Waals surface area (Å²) < 4.78 is 2.98. The van der Waals surface area contributed by atoms with Crippen LogP contribution in [0.5, 0.6) is 0 Å². The summed E-state index contributed by atoms with van der Waals surface area (Å²) in [5.41, 5.74) is -0.389. The molecule has 2 rings (SSSR count). The van der Waals surface area contributed by atoms with Crippen molar-refractivity contribution in [1.82, 2.24) is 19.1 Å². The maximum Gasteiger partial charge on any atom is 0.329 e. The van der Waals surface area contributed by atoms with Crippen molar-refractivity contribution < 1.29 is 5.11 Å². The van der Waals surface area contributed by atoms with E-state index in [1.165, 1.54) is 16.3 Å². The van der Waals surface area contributed by atoms with E-state index in [9.17, 15) is 14.7 Å². The van der Waals surface area contributed by atoms with Crippen molar-refractivity contribution in [2.24, 2.45) is 7.05 Å². The highest BCUT2D eigenvalue weighted by Gasteiger charge is 2.17. The summed E-state index contributed by atoms with van der Waals surface area (Å²) in [6.45, 7) is 3.77. The van der Waals surface area contributed by atoms with Crippen molar-refractivity contribution in [2.45, 2.75) is 31.7 Å². The van der Waals surface area contributed by atoms with Gasteiger partial charge in [-0.05, 0) is 13.8 Å². The first-order chi connectivity index (χ1) is 10.3. The van der Waals surface area contributed by atoms with E-state index in [0.29, 0.717) is 33.7 Å². The number of hydrogen-bond donors (Lipinski definition) is 2. The Morgan fingerprint density at radius 2 is 2.23 bits per heavy atom. The minimum Gasteiger partial charge on any atom is -0.393 e. The number of nitrogens with one attached hydrogen (secondary N) is 1. The van der Waals surface area contributed by atoms with Crippen molar-refractivity contribution >= 4 is 34.5 Å². The Balaban J connectivity index is 2.66. The van der Waals surface area contributed by atoms with E-state index in [4.69, 9.17) is 11.6 Å². The van der Waals surface area contributed by atoms with E-state index in [1.807, 2.05) is 0 Å². The lowest BCUT2D eigenvalue weighted by atomic mass is 10.4. The summed E-state index contributed by atoms with van der Waals surface area (Å²) in [6, 6.07) is 0. The number of nitrogens with zero attached hydrogens (tertiary/aromatic N) is 3. The molecule has 0 bridgehead atoms. The molecule has 0 aliphatic rings. The molecule has 0 aliphatic heterocycles. The van der Waals surface area contributed by atoms with Crippen LogP contribution in [0, 0.1) is 0 Å². The zero-order chi connectivity index (χ0) is 16.4. The molecule has 0 saturated carbocycles. The third kappa shape index (κ3) is 3.45. The number of imidazole rings is 1. The minimum absolute atomic E-state index is 0.308. The van der Waals surface area contributed by atoms with Crippen LogP contribution < -0.4 is 11.2 Å². The Hall–Kier alpha value is -1.51. The van der Waals surface area contributed by atoms with E-state index >= 15 is 0 Å². The van der Waals surface area contributed by atoms with Gasteiger partial charge in [0.25, 0.3) is 5.56 Å². The number of H-pyrrole nitrogens is 1. The lowest BCUT2D eigenvalue weighted by Gasteiger charge is -2.07. The maximum atomic E-state index is 12.1. The molecule has 0 amide bonds. The van der Waals surface area contributed by atoms with Crippen molar-refractivity contribution in [2.75, 3.05) is 5.75 Å². The lowest BCUT2D eigenvalue weighted by molar-refractivity contribution is 0.220. The molecule has 9 heteroatoms. The Morgan fingerprint density at radius 1 is 1.55 bits per heavy atom. The van der Waals surface area contributed by atoms with Crippen LogP contribution in [0.25, 0.3) is 11.2 Å². The van der Waals surface area contributed by atoms with Crippen molar-refractivity contribution in [3.63, 3.8) is 0 Å². The summed E-state index contributed by atoms with van der Waals surface area (Å²) in [5.74, 6) is 0.429. The van der Waals surface area contributed by atoms with Gasteiger partial charge in [0, 0.05) is 24.4 Å². The number of aliphatic hydroxyl groups excluding tert-OH is 1. The van der Waals surface area contributed by atoms with Gasteiger partial charge in [-0.2, -0.15) is 0 Å². The van der Waals surface area contributed by atoms with Gasteiger partial charge < -0.3 is 9.67 Å². The van der Waals surface area contributed by atoms with Crippen LogP contribution in [0.2, 0.25) is 0 Å². The number of fused-ring (bicyclic) bond motifs is 1. The van der Waals surface area contributed by atoms with E-state index in [2.05, 4.69) is 9.97 Å². The number of thioether (sulfide) groups is 1. The van der Waals surface area contributed by atoms with Crippen molar-refractivity contribution in [1.29, 1.82) is 0 Å². The number of aliphatic hydroxyl groups is 1.